The fraction of sp³-hybridized carbons (Fsp3) is 0.273. The van der Waals surface area contributed by atoms with Crippen LogP contribution in [0.3, 0.4) is 0 Å². The number of carbonyl (C=O) groups is 2. The van der Waals surface area contributed by atoms with Crippen LogP contribution in [0.2, 0.25) is 0 Å². The second-order valence-corrected chi connectivity index (χ2v) is 3.67. The van der Waals surface area contributed by atoms with Crippen molar-refractivity contribution in [3.63, 3.8) is 0 Å². The molecule has 0 aromatic heterocycles. The normalized spacial score (nSPS) is 10.6. The lowest BCUT2D eigenvalue weighted by Gasteiger charge is -2.18. The third-order valence-electron chi connectivity index (χ3n) is 2.12. The average Bonchev–Trinajstić information content (AvgIpc) is 2.21. The predicted octanol–water partition coefficient (Wildman–Crippen LogP) is 0.936. The van der Waals surface area contributed by atoms with E-state index in [0.29, 0.717) is 0 Å². The van der Waals surface area contributed by atoms with E-state index < -0.39 is 36.7 Å². The molecule has 0 spiro atoms. The smallest absolute Gasteiger partial charge is 0.317 e. The van der Waals surface area contributed by atoms with E-state index in [2.05, 4.69) is 0 Å². The molecule has 0 aliphatic rings. The largest absolute Gasteiger partial charge is 0.480 e. The minimum absolute atomic E-state index is 0.0856. The fourth-order valence-corrected chi connectivity index (χ4v) is 1.46. The highest BCUT2D eigenvalue weighted by Crippen LogP contribution is 2.12. The Balaban J connectivity index is 2.84. The van der Waals surface area contributed by atoms with Crippen LogP contribution in [0, 0.1) is 11.6 Å². The monoisotopic (exact) mass is 259 g/mol. The molecule has 0 aliphatic carbocycles. The number of carboxylic acids is 2. The molecule has 0 unspecified atom stereocenters. The zero-order valence-electron chi connectivity index (χ0n) is 9.27. The average molecular weight is 259 g/mol. The van der Waals surface area contributed by atoms with Crippen LogP contribution in [0.25, 0.3) is 0 Å². The van der Waals surface area contributed by atoms with Crippen LogP contribution in [0.5, 0.6) is 0 Å². The zero-order valence-corrected chi connectivity index (χ0v) is 9.27. The lowest BCUT2D eigenvalue weighted by atomic mass is 10.2. The first kappa shape index (κ1) is 14.0. The highest BCUT2D eigenvalue weighted by atomic mass is 19.1. The maximum absolute atomic E-state index is 13.3. The highest BCUT2D eigenvalue weighted by Gasteiger charge is 2.16. The molecule has 0 atom stereocenters. The molecule has 0 amide bonds. The number of halogens is 2. The standard InChI is InChI=1S/C11H11F2NO4/c12-8-1-2-9(13)7(3-8)4-14(5-10(15)16)6-11(17)18/h1-3H,4-6H2,(H,15,16)(H,17,18). The Morgan fingerprint density at radius 3 is 2.17 bits per heavy atom. The topological polar surface area (TPSA) is 77.8 Å². The van der Waals surface area contributed by atoms with Gasteiger partial charge in [-0.3, -0.25) is 14.5 Å². The minimum atomic E-state index is -1.24. The van der Waals surface area contributed by atoms with E-state index in [1.54, 1.807) is 0 Å². The van der Waals surface area contributed by atoms with Crippen molar-refractivity contribution in [3.8, 4) is 0 Å². The Hall–Kier alpha value is -2.02. The van der Waals surface area contributed by atoms with Crippen LogP contribution >= 0.6 is 0 Å². The van der Waals surface area contributed by atoms with E-state index in [4.69, 9.17) is 10.2 Å². The predicted molar refractivity (Wildman–Crippen MR) is 56.9 cm³/mol. The summed E-state index contributed by atoms with van der Waals surface area (Å²) in [7, 11) is 0. The van der Waals surface area contributed by atoms with Crippen molar-refractivity contribution in [2.24, 2.45) is 0 Å². The Labute approximate surface area is 101 Å². The first-order chi connectivity index (χ1) is 8.38. The number of rotatable bonds is 6. The van der Waals surface area contributed by atoms with Gasteiger partial charge in [0.1, 0.15) is 11.6 Å². The molecule has 0 saturated heterocycles. The van der Waals surface area contributed by atoms with Crippen molar-refractivity contribution < 1.29 is 28.6 Å². The summed E-state index contributed by atoms with van der Waals surface area (Å²) in [4.78, 5) is 22.1. The molecule has 1 aromatic rings. The molecule has 7 heteroatoms. The fourth-order valence-electron chi connectivity index (χ4n) is 1.46. The Bertz CT molecular complexity index is 448. The van der Waals surface area contributed by atoms with Crippen molar-refractivity contribution in [1.82, 2.24) is 4.90 Å². The maximum Gasteiger partial charge on any atom is 0.317 e. The molecular formula is C11H11F2NO4. The molecule has 0 saturated carbocycles. The van der Waals surface area contributed by atoms with Gasteiger partial charge in [-0.1, -0.05) is 0 Å². The van der Waals surface area contributed by atoms with Crippen LogP contribution in [0.4, 0.5) is 8.78 Å². The van der Waals surface area contributed by atoms with Gasteiger partial charge in [-0.25, -0.2) is 8.78 Å². The van der Waals surface area contributed by atoms with Gasteiger partial charge in [0.15, 0.2) is 0 Å². The van der Waals surface area contributed by atoms with Gasteiger partial charge in [0.05, 0.1) is 13.1 Å². The number of hydrogen-bond donors (Lipinski definition) is 2. The minimum Gasteiger partial charge on any atom is -0.480 e. The van der Waals surface area contributed by atoms with E-state index in [1.165, 1.54) is 0 Å². The van der Waals surface area contributed by atoms with Crippen LogP contribution in [-0.2, 0) is 16.1 Å². The van der Waals surface area contributed by atoms with Crippen molar-refractivity contribution in [1.29, 1.82) is 0 Å². The molecular weight excluding hydrogens is 248 g/mol. The van der Waals surface area contributed by atoms with Gasteiger partial charge in [0.2, 0.25) is 0 Å². The summed E-state index contributed by atoms with van der Waals surface area (Å²) in [5.41, 5.74) is -0.0856. The lowest BCUT2D eigenvalue weighted by molar-refractivity contribution is -0.142. The molecule has 0 aliphatic heterocycles. The van der Waals surface area contributed by atoms with E-state index >= 15 is 0 Å². The summed E-state index contributed by atoms with van der Waals surface area (Å²) < 4.78 is 26.2. The SMILES string of the molecule is O=C(O)CN(CC(=O)O)Cc1cc(F)ccc1F. The Morgan fingerprint density at radius 1 is 1.11 bits per heavy atom. The molecule has 0 bridgehead atoms. The van der Waals surface area contributed by atoms with E-state index in [-0.39, 0.29) is 12.1 Å². The van der Waals surface area contributed by atoms with E-state index in [0.717, 1.165) is 23.1 Å². The van der Waals surface area contributed by atoms with E-state index in [1.807, 2.05) is 0 Å². The molecule has 1 rings (SSSR count). The molecule has 0 fully saturated rings. The number of benzene rings is 1. The lowest BCUT2D eigenvalue weighted by Crippen LogP contribution is -2.34. The summed E-state index contributed by atoms with van der Waals surface area (Å²) in [5, 5.41) is 17.2. The molecule has 5 nitrogen and oxygen atoms in total. The van der Waals surface area contributed by atoms with Gasteiger partial charge in [0, 0.05) is 12.1 Å². The van der Waals surface area contributed by atoms with Gasteiger partial charge < -0.3 is 10.2 Å². The molecule has 1 aromatic carbocycles. The Morgan fingerprint density at radius 2 is 1.67 bits per heavy atom. The highest BCUT2D eigenvalue weighted by molar-refractivity contribution is 5.72. The summed E-state index contributed by atoms with van der Waals surface area (Å²) in [5.74, 6) is -3.87. The second-order valence-electron chi connectivity index (χ2n) is 3.67. The van der Waals surface area contributed by atoms with Crippen molar-refractivity contribution in [3.05, 3.63) is 35.4 Å². The maximum atomic E-state index is 13.3. The number of carboxylic acid groups (broad SMARTS) is 2. The molecule has 2 N–H and O–H groups in total. The number of aliphatic carboxylic acids is 2. The van der Waals surface area contributed by atoms with Gasteiger partial charge in [-0.05, 0) is 18.2 Å². The first-order valence-corrected chi connectivity index (χ1v) is 4.98. The molecule has 18 heavy (non-hydrogen) atoms. The van der Waals surface area contributed by atoms with E-state index in [9.17, 15) is 18.4 Å². The molecule has 0 heterocycles. The first-order valence-electron chi connectivity index (χ1n) is 4.98. The third kappa shape index (κ3) is 4.46. The van der Waals surface area contributed by atoms with Gasteiger partial charge in [0.25, 0.3) is 0 Å². The summed E-state index contributed by atoms with van der Waals surface area (Å²) in [6.45, 7) is -1.42. The Kier molecular flexibility index (Phi) is 4.73. The molecule has 0 radical (unpaired) electrons. The van der Waals surface area contributed by atoms with Crippen LogP contribution in [0.1, 0.15) is 5.56 Å². The summed E-state index contributed by atoms with van der Waals surface area (Å²) in [6, 6.07) is 2.74. The second kappa shape index (κ2) is 6.06. The quantitative estimate of drug-likeness (QED) is 0.794. The van der Waals surface area contributed by atoms with Crippen molar-refractivity contribution in [2.45, 2.75) is 6.54 Å². The van der Waals surface area contributed by atoms with Crippen LogP contribution in [0.15, 0.2) is 18.2 Å². The summed E-state index contributed by atoms with van der Waals surface area (Å²) in [6.07, 6.45) is 0. The van der Waals surface area contributed by atoms with Gasteiger partial charge in [-0.2, -0.15) is 0 Å². The van der Waals surface area contributed by atoms with Crippen molar-refractivity contribution in [2.75, 3.05) is 13.1 Å². The van der Waals surface area contributed by atoms with Crippen LogP contribution in [-0.4, -0.2) is 40.1 Å². The van der Waals surface area contributed by atoms with Gasteiger partial charge in [-0.15, -0.1) is 0 Å². The number of hydrogen-bond acceptors (Lipinski definition) is 3. The van der Waals surface area contributed by atoms with Gasteiger partial charge >= 0.3 is 11.9 Å². The summed E-state index contributed by atoms with van der Waals surface area (Å²) >= 11 is 0. The molecule has 98 valence electrons. The third-order valence-corrected chi connectivity index (χ3v) is 2.12. The van der Waals surface area contributed by atoms with Crippen LogP contribution < -0.4 is 0 Å². The zero-order chi connectivity index (χ0) is 13.7. The number of nitrogens with zero attached hydrogens (tertiary/aromatic N) is 1. The van der Waals surface area contributed by atoms with Crippen molar-refractivity contribution >= 4 is 11.9 Å².